The molecule has 1 atom stereocenters. The molecule has 0 spiro atoms. The first kappa shape index (κ1) is 19.1. The molecule has 1 saturated heterocycles. The van der Waals surface area contributed by atoms with Crippen LogP contribution < -0.4 is 10.2 Å². The normalized spacial score (nSPS) is 17.1. The van der Waals surface area contributed by atoms with E-state index in [1.165, 1.54) is 36.0 Å². The zero-order valence-corrected chi connectivity index (χ0v) is 17.2. The molecule has 1 fully saturated rings. The molecular formula is C20H20ClFN4OS. The number of nitrogens with zero attached hydrogens (tertiary/aromatic N) is 3. The Kier molecular flexibility index (Phi) is 5.21. The third-order valence-corrected chi connectivity index (χ3v) is 6.25. The summed E-state index contributed by atoms with van der Waals surface area (Å²) in [7, 11) is 0. The molecule has 28 heavy (non-hydrogen) atoms. The summed E-state index contributed by atoms with van der Waals surface area (Å²) in [6.45, 7) is 5.89. The second-order valence-electron chi connectivity index (χ2n) is 7.18. The number of carbonyl (C=O) groups excluding carboxylic acids is 1. The third kappa shape index (κ3) is 3.56. The van der Waals surface area contributed by atoms with Crippen LogP contribution in [0.2, 0.25) is 5.02 Å². The molecule has 3 aromatic rings. The van der Waals surface area contributed by atoms with Gasteiger partial charge in [-0.05, 0) is 43.9 Å². The fourth-order valence-electron chi connectivity index (χ4n) is 3.70. The second kappa shape index (κ2) is 7.64. The zero-order valence-electron chi connectivity index (χ0n) is 15.6. The van der Waals surface area contributed by atoms with Crippen LogP contribution in [-0.2, 0) is 0 Å². The molecule has 146 valence electrons. The average molecular weight is 419 g/mol. The van der Waals surface area contributed by atoms with Crippen molar-refractivity contribution in [2.24, 2.45) is 5.92 Å². The van der Waals surface area contributed by atoms with Crippen LogP contribution in [-0.4, -0.2) is 29.0 Å². The molecule has 1 aliphatic rings. The highest BCUT2D eigenvalue weighted by molar-refractivity contribution is 7.19. The number of carbonyl (C=O) groups is 1. The number of amides is 1. The van der Waals surface area contributed by atoms with Gasteiger partial charge in [-0.15, -0.1) is 11.3 Å². The number of benzene rings is 1. The van der Waals surface area contributed by atoms with Crippen LogP contribution in [0.15, 0.2) is 24.5 Å². The monoisotopic (exact) mass is 418 g/mol. The SMILES string of the molecule is Cc1sc2ncnc(N3CCCC(C)C3)c2c1C(=O)Nc1cc(Cl)ccc1F. The summed E-state index contributed by atoms with van der Waals surface area (Å²) in [5.41, 5.74) is 0.550. The number of nitrogens with one attached hydrogen (secondary N) is 1. The summed E-state index contributed by atoms with van der Waals surface area (Å²) in [4.78, 5) is 25.8. The first-order valence-corrected chi connectivity index (χ1v) is 10.4. The van der Waals surface area contributed by atoms with Crippen LogP contribution >= 0.6 is 22.9 Å². The Morgan fingerprint density at radius 2 is 2.21 bits per heavy atom. The number of thiophene rings is 1. The van der Waals surface area contributed by atoms with Gasteiger partial charge in [-0.1, -0.05) is 18.5 Å². The van der Waals surface area contributed by atoms with E-state index in [-0.39, 0.29) is 11.6 Å². The number of halogens is 2. The topological polar surface area (TPSA) is 58.1 Å². The van der Waals surface area contributed by atoms with E-state index in [9.17, 15) is 9.18 Å². The first-order valence-electron chi connectivity index (χ1n) is 9.19. The van der Waals surface area contributed by atoms with Gasteiger partial charge in [-0.25, -0.2) is 14.4 Å². The van der Waals surface area contributed by atoms with E-state index in [1.54, 1.807) is 6.33 Å². The number of hydrogen-bond donors (Lipinski definition) is 1. The van der Waals surface area contributed by atoms with Crippen molar-refractivity contribution in [1.82, 2.24) is 9.97 Å². The molecule has 5 nitrogen and oxygen atoms in total. The Labute approximate surface area is 171 Å². The Hall–Kier alpha value is -2.25. The maximum absolute atomic E-state index is 14.1. The van der Waals surface area contributed by atoms with Crippen molar-refractivity contribution >= 4 is 50.6 Å². The molecule has 4 rings (SSSR count). The molecule has 0 aliphatic carbocycles. The van der Waals surface area contributed by atoms with Crippen molar-refractivity contribution in [3.8, 4) is 0 Å². The molecule has 3 heterocycles. The number of hydrogen-bond acceptors (Lipinski definition) is 5. The van der Waals surface area contributed by atoms with Crippen molar-refractivity contribution in [3.05, 3.63) is 45.8 Å². The quantitative estimate of drug-likeness (QED) is 0.628. The predicted molar refractivity (Wildman–Crippen MR) is 112 cm³/mol. The molecule has 0 radical (unpaired) electrons. The van der Waals surface area contributed by atoms with Crippen molar-refractivity contribution in [2.45, 2.75) is 26.7 Å². The summed E-state index contributed by atoms with van der Waals surface area (Å²) in [6.07, 6.45) is 3.82. The maximum Gasteiger partial charge on any atom is 0.257 e. The number of aromatic nitrogens is 2. The molecule has 8 heteroatoms. The summed E-state index contributed by atoms with van der Waals surface area (Å²) in [6, 6.07) is 4.09. The lowest BCUT2D eigenvalue weighted by Crippen LogP contribution is -2.35. The standard InChI is InChI=1S/C20H20ClFN4OS/c1-11-4-3-7-26(9-11)18-17-16(12(2)28-20(17)24-10-23-18)19(27)25-15-8-13(21)5-6-14(15)22/h5-6,8,10-11H,3-4,7,9H2,1-2H3,(H,25,27). The molecule has 2 aromatic heterocycles. The molecule has 0 saturated carbocycles. The lowest BCUT2D eigenvalue weighted by Gasteiger charge is -2.32. The van der Waals surface area contributed by atoms with Crippen LogP contribution in [0.25, 0.3) is 10.2 Å². The van der Waals surface area contributed by atoms with Crippen LogP contribution in [0.5, 0.6) is 0 Å². The van der Waals surface area contributed by atoms with Crippen LogP contribution in [0.4, 0.5) is 15.9 Å². The number of rotatable bonds is 3. The van der Waals surface area contributed by atoms with Crippen molar-refractivity contribution in [3.63, 3.8) is 0 Å². The molecule has 1 amide bonds. The summed E-state index contributed by atoms with van der Waals surface area (Å²) >= 11 is 7.39. The average Bonchev–Trinajstić information content (AvgIpc) is 3.00. The minimum Gasteiger partial charge on any atom is -0.356 e. The lowest BCUT2D eigenvalue weighted by atomic mass is 10.00. The van der Waals surface area contributed by atoms with Gasteiger partial charge in [0.05, 0.1) is 16.6 Å². The highest BCUT2D eigenvalue weighted by Gasteiger charge is 2.26. The predicted octanol–water partition coefficient (Wildman–Crippen LogP) is 5.28. The summed E-state index contributed by atoms with van der Waals surface area (Å²) in [5.74, 6) is 0.427. The molecule has 1 aromatic carbocycles. The minimum atomic E-state index is -0.531. The number of aryl methyl sites for hydroxylation is 1. The van der Waals surface area contributed by atoms with E-state index < -0.39 is 5.82 Å². The van der Waals surface area contributed by atoms with Crippen LogP contribution in [0, 0.1) is 18.7 Å². The third-order valence-electron chi connectivity index (χ3n) is 5.00. The minimum absolute atomic E-state index is 0.0567. The van der Waals surface area contributed by atoms with Gasteiger partial charge in [0.15, 0.2) is 0 Å². The summed E-state index contributed by atoms with van der Waals surface area (Å²) in [5, 5.41) is 3.75. The van der Waals surface area contributed by atoms with Crippen LogP contribution in [0.3, 0.4) is 0 Å². The number of anilines is 2. The van der Waals surface area contributed by atoms with Crippen molar-refractivity contribution in [2.75, 3.05) is 23.3 Å². The second-order valence-corrected chi connectivity index (χ2v) is 8.82. The molecule has 1 unspecified atom stereocenters. The van der Waals surface area contributed by atoms with E-state index in [1.807, 2.05) is 6.92 Å². The Balaban J connectivity index is 1.77. The van der Waals surface area contributed by atoms with Gasteiger partial charge in [-0.3, -0.25) is 4.79 Å². The first-order chi connectivity index (χ1) is 13.4. The van der Waals surface area contributed by atoms with Crippen LogP contribution in [0.1, 0.15) is 35.0 Å². The fraction of sp³-hybridized carbons (Fsp3) is 0.350. The number of fused-ring (bicyclic) bond motifs is 1. The molecule has 0 bridgehead atoms. The molecule has 1 aliphatic heterocycles. The van der Waals surface area contributed by atoms with Gasteiger partial charge in [0.2, 0.25) is 0 Å². The van der Waals surface area contributed by atoms with Gasteiger partial charge >= 0.3 is 0 Å². The lowest BCUT2D eigenvalue weighted by molar-refractivity contribution is 0.102. The van der Waals surface area contributed by atoms with Gasteiger partial charge in [0, 0.05) is 23.0 Å². The van der Waals surface area contributed by atoms with E-state index in [2.05, 4.69) is 27.1 Å². The highest BCUT2D eigenvalue weighted by atomic mass is 35.5. The largest absolute Gasteiger partial charge is 0.356 e. The zero-order chi connectivity index (χ0) is 19.8. The highest BCUT2D eigenvalue weighted by Crippen LogP contribution is 2.37. The van der Waals surface area contributed by atoms with E-state index >= 15 is 0 Å². The Morgan fingerprint density at radius 1 is 1.39 bits per heavy atom. The van der Waals surface area contributed by atoms with Gasteiger partial charge in [0.1, 0.15) is 22.8 Å². The van der Waals surface area contributed by atoms with Gasteiger partial charge in [0.25, 0.3) is 5.91 Å². The van der Waals surface area contributed by atoms with Crippen molar-refractivity contribution in [1.29, 1.82) is 0 Å². The smallest absolute Gasteiger partial charge is 0.257 e. The molecular weight excluding hydrogens is 399 g/mol. The van der Waals surface area contributed by atoms with Gasteiger partial charge < -0.3 is 10.2 Å². The van der Waals surface area contributed by atoms with Crippen molar-refractivity contribution < 1.29 is 9.18 Å². The Morgan fingerprint density at radius 3 is 3.00 bits per heavy atom. The summed E-state index contributed by atoms with van der Waals surface area (Å²) < 4.78 is 14.1. The van der Waals surface area contributed by atoms with Gasteiger partial charge in [-0.2, -0.15) is 0 Å². The van der Waals surface area contributed by atoms with E-state index in [0.29, 0.717) is 16.5 Å². The molecule has 1 N–H and O–H groups in total. The Bertz CT molecular complexity index is 1050. The fourth-order valence-corrected chi connectivity index (χ4v) is 4.86. The number of piperidine rings is 1. The van der Waals surface area contributed by atoms with E-state index in [0.717, 1.165) is 40.4 Å². The maximum atomic E-state index is 14.1. The van der Waals surface area contributed by atoms with E-state index in [4.69, 9.17) is 11.6 Å².